The second-order valence-electron chi connectivity index (χ2n) is 4.85. The molecule has 20 heavy (non-hydrogen) atoms. The Labute approximate surface area is 120 Å². The zero-order valence-electron chi connectivity index (χ0n) is 11.7. The lowest BCUT2D eigenvalue weighted by Gasteiger charge is -2.10. The molecule has 0 fully saturated rings. The molecule has 2 amide bonds. The molecule has 7 heteroatoms. The Bertz CT molecular complexity index is 515. The number of urea groups is 1. The van der Waals surface area contributed by atoms with Gasteiger partial charge in [0.2, 0.25) is 0 Å². The van der Waals surface area contributed by atoms with Gasteiger partial charge < -0.3 is 5.32 Å². The molecule has 1 aromatic carbocycles. The van der Waals surface area contributed by atoms with Crippen molar-refractivity contribution < 1.29 is 13.2 Å². The lowest BCUT2D eigenvalue weighted by atomic mass is 10.1. The van der Waals surface area contributed by atoms with Crippen LogP contribution >= 0.6 is 0 Å². The van der Waals surface area contributed by atoms with Gasteiger partial charge in [0, 0.05) is 13.1 Å². The van der Waals surface area contributed by atoms with Crippen LogP contribution in [0.5, 0.6) is 0 Å². The van der Waals surface area contributed by atoms with Crippen LogP contribution in [0.4, 0.5) is 4.79 Å². The molecule has 112 valence electrons. The molecule has 0 aliphatic heterocycles. The second-order valence-corrected chi connectivity index (χ2v) is 6.35. The first-order valence-electron chi connectivity index (χ1n) is 6.48. The Balaban J connectivity index is 2.35. The van der Waals surface area contributed by atoms with Crippen molar-refractivity contribution in [1.29, 1.82) is 0 Å². The van der Waals surface area contributed by atoms with Crippen molar-refractivity contribution in [3.05, 3.63) is 35.9 Å². The summed E-state index contributed by atoms with van der Waals surface area (Å²) in [5, 5.41) is 2.50. The van der Waals surface area contributed by atoms with Crippen molar-refractivity contribution >= 4 is 16.2 Å². The number of benzene rings is 1. The van der Waals surface area contributed by atoms with Gasteiger partial charge in [-0.2, -0.15) is 13.1 Å². The van der Waals surface area contributed by atoms with E-state index in [0.29, 0.717) is 12.5 Å². The Morgan fingerprint density at radius 1 is 1.20 bits per heavy atom. The quantitative estimate of drug-likeness (QED) is 0.710. The molecule has 0 aliphatic carbocycles. The van der Waals surface area contributed by atoms with E-state index in [1.54, 1.807) is 12.1 Å². The zero-order valence-corrected chi connectivity index (χ0v) is 12.5. The van der Waals surface area contributed by atoms with Crippen LogP contribution < -0.4 is 14.8 Å². The lowest BCUT2D eigenvalue weighted by molar-refractivity contribution is 0.245. The molecule has 0 spiro atoms. The Morgan fingerprint density at radius 3 is 2.45 bits per heavy atom. The van der Waals surface area contributed by atoms with E-state index in [2.05, 4.69) is 10.0 Å². The molecule has 0 radical (unpaired) electrons. The Morgan fingerprint density at radius 2 is 1.85 bits per heavy atom. The summed E-state index contributed by atoms with van der Waals surface area (Å²) in [4.78, 5) is 11.4. The van der Waals surface area contributed by atoms with E-state index in [4.69, 9.17) is 0 Å². The molecule has 0 saturated carbocycles. The van der Waals surface area contributed by atoms with Crippen LogP contribution in [0, 0.1) is 5.92 Å². The van der Waals surface area contributed by atoms with Gasteiger partial charge in [-0.1, -0.05) is 44.2 Å². The number of rotatable bonds is 7. The summed E-state index contributed by atoms with van der Waals surface area (Å²) < 4.78 is 27.5. The average molecular weight is 299 g/mol. The molecule has 1 rings (SSSR count). The summed E-state index contributed by atoms with van der Waals surface area (Å²) >= 11 is 0. The van der Waals surface area contributed by atoms with Crippen molar-refractivity contribution in [3.8, 4) is 0 Å². The van der Waals surface area contributed by atoms with Crippen LogP contribution in [0.3, 0.4) is 0 Å². The molecule has 0 atom stereocenters. The van der Waals surface area contributed by atoms with Gasteiger partial charge in [0.05, 0.1) is 0 Å². The summed E-state index contributed by atoms with van der Waals surface area (Å²) in [6.45, 7) is 4.63. The van der Waals surface area contributed by atoms with Crippen LogP contribution in [0.2, 0.25) is 0 Å². The Hall–Kier alpha value is -1.60. The Kier molecular flexibility index (Phi) is 6.47. The fraction of sp³-hybridized carbons (Fsp3) is 0.462. The highest BCUT2D eigenvalue weighted by Gasteiger charge is 2.13. The minimum absolute atomic E-state index is 0.134. The van der Waals surface area contributed by atoms with E-state index in [0.717, 1.165) is 12.0 Å². The second kappa shape index (κ2) is 7.86. The monoisotopic (exact) mass is 299 g/mol. The van der Waals surface area contributed by atoms with Crippen molar-refractivity contribution in [2.45, 2.75) is 26.8 Å². The number of amides is 2. The molecule has 0 bridgehead atoms. The van der Waals surface area contributed by atoms with Gasteiger partial charge in [0.15, 0.2) is 0 Å². The average Bonchev–Trinajstić information content (AvgIpc) is 2.37. The van der Waals surface area contributed by atoms with E-state index in [1.807, 2.05) is 36.8 Å². The lowest BCUT2D eigenvalue weighted by Crippen LogP contribution is -2.45. The van der Waals surface area contributed by atoms with E-state index >= 15 is 0 Å². The van der Waals surface area contributed by atoms with Gasteiger partial charge >= 0.3 is 16.2 Å². The number of carbonyl (C=O) groups is 1. The number of carbonyl (C=O) groups excluding carboxylic acids is 1. The van der Waals surface area contributed by atoms with Gasteiger partial charge in [-0.25, -0.2) is 9.52 Å². The van der Waals surface area contributed by atoms with E-state index in [-0.39, 0.29) is 6.54 Å². The first kappa shape index (κ1) is 16.5. The topological polar surface area (TPSA) is 87.3 Å². The largest absolute Gasteiger partial charge is 0.337 e. The van der Waals surface area contributed by atoms with Crippen LogP contribution in [0.15, 0.2) is 30.3 Å². The van der Waals surface area contributed by atoms with Crippen LogP contribution in [0.1, 0.15) is 25.8 Å². The van der Waals surface area contributed by atoms with Crippen LogP contribution in [-0.4, -0.2) is 21.0 Å². The first-order chi connectivity index (χ1) is 9.39. The predicted octanol–water partition coefficient (Wildman–Crippen LogP) is 1.37. The van der Waals surface area contributed by atoms with Crippen molar-refractivity contribution in [3.63, 3.8) is 0 Å². The molecule has 6 nitrogen and oxygen atoms in total. The molecule has 3 N–H and O–H groups in total. The summed E-state index contributed by atoms with van der Waals surface area (Å²) in [5.74, 6) is 0.447. The number of hydrogen-bond donors (Lipinski definition) is 3. The fourth-order valence-corrected chi connectivity index (χ4v) is 2.19. The van der Waals surface area contributed by atoms with Gasteiger partial charge in [-0.15, -0.1) is 0 Å². The van der Waals surface area contributed by atoms with Crippen molar-refractivity contribution in [1.82, 2.24) is 14.8 Å². The highest BCUT2D eigenvalue weighted by molar-refractivity contribution is 7.88. The number of nitrogens with one attached hydrogen (secondary N) is 3. The molecular weight excluding hydrogens is 278 g/mol. The summed E-state index contributed by atoms with van der Waals surface area (Å²) in [5.41, 5.74) is 0.818. The van der Waals surface area contributed by atoms with E-state index in [1.165, 1.54) is 0 Å². The van der Waals surface area contributed by atoms with Crippen molar-refractivity contribution in [2.24, 2.45) is 5.92 Å². The minimum Gasteiger partial charge on any atom is -0.337 e. The molecule has 1 aromatic rings. The van der Waals surface area contributed by atoms with Gasteiger partial charge in [-0.3, -0.25) is 0 Å². The molecule has 0 unspecified atom stereocenters. The summed E-state index contributed by atoms with van der Waals surface area (Å²) in [6, 6.07) is 8.35. The maximum Gasteiger partial charge on any atom is 0.329 e. The standard InChI is InChI=1S/C13H21N3O3S/c1-11(2)8-9-14-13(17)16-20(18,19)15-10-12-6-4-3-5-7-12/h3-7,11,15H,8-10H2,1-2H3,(H2,14,16,17). The molecular formula is C13H21N3O3S. The maximum absolute atomic E-state index is 11.6. The van der Waals surface area contributed by atoms with E-state index < -0.39 is 16.2 Å². The summed E-state index contributed by atoms with van der Waals surface area (Å²) in [6.07, 6.45) is 0.797. The zero-order chi connectivity index (χ0) is 15.0. The smallest absolute Gasteiger partial charge is 0.329 e. The highest BCUT2D eigenvalue weighted by Crippen LogP contribution is 1.98. The molecule has 0 saturated heterocycles. The maximum atomic E-state index is 11.6. The van der Waals surface area contributed by atoms with Crippen LogP contribution in [0.25, 0.3) is 0 Å². The van der Waals surface area contributed by atoms with E-state index in [9.17, 15) is 13.2 Å². The normalized spacial score (nSPS) is 11.3. The fourth-order valence-electron chi connectivity index (χ4n) is 1.44. The molecule has 0 heterocycles. The van der Waals surface area contributed by atoms with Gasteiger partial charge in [0.25, 0.3) is 0 Å². The predicted molar refractivity (Wildman–Crippen MR) is 78.2 cm³/mol. The highest BCUT2D eigenvalue weighted by atomic mass is 32.2. The third kappa shape index (κ3) is 7.10. The van der Waals surface area contributed by atoms with Crippen LogP contribution in [-0.2, 0) is 16.8 Å². The van der Waals surface area contributed by atoms with Gasteiger partial charge in [0.1, 0.15) is 0 Å². The third-order valence-corrected chi connectivity index (χ3v) is 3.52. The first-order valence-corrected chi connectivity index (χ1v) is 7.96. The molecule has 0 aromatic heterocycles. The minimum atomic E-state index is -3.84. The third-order valence-electron chi connectivity index (χ3n) is 2.54. The number of hydrogen-bond acceptors (Lipinski definition) is 3. The van der Waals surface area contributed by atoms with Gasteiger partial charge in [-0.05, 0) is 17.9 Å². The van der Waals surface area contributed by atoms with Crippen molar-refractivity contribution in [2.75, 3.05) is 6.54 Å². The molecule has 0 aliphatic rings. The SMILES string of the molecule is CC(C)CCNC(=O)NS(=O)(=O)NCc1ccccc1. The summed E-state index contributed by atoms with van der Waals surface area (Å²) in [7, 11) is -3.84.